The Morgan fingerprint density at radius 2 is 1.72 bits per heavy atom. The lowest BCUT2D eigenvalue weighted by Gasteiger charge is -2.32. The number of nitrogens with one attached hydrogen (secondary N) is 5. The van der Waals surface area contributed by atoms with Gasteiger partial charge in [0, 0.05) is 12.6 Å². The number of amides is 6. The molecule has 4 rings (SSSR count). The number of carbonyl (C=O) groups is 6. The molecule has 5 N–H and O–H groups in total. The van der Waals surface area contributed by atoms with Crippen molar-refractivity contribution < 1.29 is 33.2 Å². The molecule has 3 heterocycles. The summed E-state index contributed by atoms with van der Waals surface area (Å²) >= 11 is 1.51. The van der Waals surface area contributed by atoms with Crippen LogP contribution in [0.3, 0.4) is 0 Å². The minimum Gasteiger partial charge on any atom is -0.469 e. The maximum Gasteiger partial charge on any atom is 0.255 e. The lowest BCUT2D eigenvalue weighted by atomic mass is 10.0. The van der Waals surface area contributed by atoms with Crippen molar-refractivity contribution in [3.05, 3.63) is 59.5 Å². The number of rotatable bonds is 7. The highest BCUT2D eigenvalue weighted by molar-refractivity contribution is 7.98. The van der Waals surface area contributed by atoms with Crippen molar-refractivity contribution in [2.75, 3.05) is 18.6 Å². The molecule has 2 aliphatic heterocycles. The number of hydrogen-bond acceptors (Lipinski definition) is 8. The van der Waals surface area contributed by atoms with Gasteiger partial charge < -0.3 is 35.9 Å². The Labute approximate surface area is 278 Å². The molecule has 0 bridgehead atoms. The van der Waals surface area contributed by atoms with Crippen molar-refractivity contribution in [2.24, 2.45) is 5.92 Å². The van der Waals surface area contributed by atoms with Crippen molar-refractivity contribution in [3.8, 4) is 0 Å². The second-order valence-corrected chi connectivity index (χ2v) is 13.3. The molecule has 0 radical (unpaired) electrons. The van der Waals surface area contributed by atoms with Crippen LogP contribution in [-0.4, -0.2) is 89.1 Å². The lowest BCUT2D eigenvalue weighted by molar-refractivity contribution is -0.143. The van der Waals surface area contributed by atoms with Gasteiger partial charge in [0.15, 0.2) is 0 Å². The fourth-order valence-electron chi connectivity index (χ4n) is 5.81. The van der Waals surface area contributed by atoms with Gasteiger partial charge in [0.2, 0.25) is 29.5 Å². The van der Waals surface area contributed by atoms with Crippen LogP contribution in [0.25, 0.3) is 0 Å². The van der Waals surface area contributed by atoms with E-state index in [4.69, 9.17) is 4.42 Å². The lowest BCUT2D eigenvalue weighted by Crippen LogP contribution is -2.59. The first kappa shape index (κ1) is 35.5. The van der Waals surface area contributed by atoms with Crippen molar-refractivity contribution in [3.63, 3.8) is 0 Å². The van der Waals surface area contributed by atoms with Crippen molar-refractivity contribution in [1.82, 2.24) is 31.5 Å². The minimum absolute atomic E-state index is 0.00193. The van der Waals surface area contributed by atoms with E-state index in [1.165, 1.54) is 29.8 Å². The predicted octanol–water partition coefficient (Wildman–Crippen LogP) is 1.43. The predicted molar refractivity (Wildman–Crippen MR) is 176 cm³/mol. The topological polar surface area (TPSA) is 179 Å². The maximum atomic E-state index is 14.1. The van der Waals surface area contributed by atoms with Gasteiger partial charge in [0.1, 0.15) is 29.9 Å². The van der Waals surface area contributed by atoms with Crippen molar-refractivity contribution in [1.29, 1.82) is 0 Å². The Hall–Kier alpha value is -4.33. The van der Waals surface area contributed by atoms with Crippen LogP contribution in [0.15, 0.2) is 47.1 Å². The first-order chi connectivity index (χ1) is 22.4. The highest BCUT2D eigenvalue weighted by atomic mass is 32.2. The molecule has 1 aromatic carbocycles. The quantitative estimate of drug-likeness (QED) is 0.294. The number of nitrogens with zero attached hydrogens (tertiary/aromatic N) is 1. The summed E-state index contributed by atoms with van der Waals surface area (Å²) in [6.07, 6.45) is 3.54. The smallest absolute Gasteiger partial charge is 0.255 e. The highest BCUT2D eigenvalue weighted by Crippen LogP contribution is 2.23. The zero-order valence-electron chi connectivity index (χ0n) is 27.3. The third-order valence-electron chi connectivity index (χ3n) is 8.48. The Kier molecular flexibility index (Phi) is 12.1. The third-order valence-corrected chi connectivity index (χ3v) is 9.12. The van der Waals surface area contributed by atoms with Gasteiger partial charge in [-0.15, -0.1) is 0 Å². The number of fused-ring (bicyclic) bond motifs is 1. The molecule has 254 valence electrons. The molecule has 0 saturated carbocycles. The average molecular weight is 669 g/mol. The molecule has 2 fully saturated rings. The van der Waals surface area contributed by atoms with Crippen LogP contribution in [0.2, 0.25) is 0 Å². The van der Waals surface area contributed by atoms with E-state index in [9.17, 15) is 28.8 Å². The van der Waals surface area contributed by atoms with E-state index in [0.717, 1.165) is 0 Å². The summed E-state index contributed by atoms with van der Waals surface area (Å²) < 4.78 is 5.25. The Bertz CT molecular complexity index is 1460. The molecular formula is C33H44N6O7S. The number of furan rings is 1. The molecule has 6 atom stereocenters. The first-order valence-corrected chi connectivity index (χ1v) is 17.2. The fourth-order valence-corrected chi connectivity index (χ4v) is 6.29. The van der Waals surface area contributed by atoms with Crippen LogP contribution in [0.1, 0.15) is 67.8 Å². The van der Waals surface area contributed by atoms with Gasteiger partial charge >= 0.3 is 0 Å². The number of thioether (sulfide) groups is 1. The van der Waals surface area contributed by atoms with E-state index in [-0.39, 0.29) is 25.3 Å². The molecule has 2 aliphatic rings. The van der Waals surface area contributed by atoms with Crippen molar-refractivity contribution in [2.45, 2.75) is 83.2 Å². The van der Waals surface area contributed by atoms with E-state index in [1.54, 1.807) is 51.1 Å². The minimum atomic E-state index is -1.03. The second-order valence-electron chi connectivity index (χ2n) is 12.3. The number of benzene rings is 1. The van der Waals surface area contributed by atoms with Gasteiger partial charge in [-0.05, 0) is 56.2 Å². The van der Waals surface area contributed by atoms with Gasteiger partial charge in [0.25, 0.3) is 5.91 Å². The second kappa shape index (κ2) is 16.0. The Morgan fingerprint density at radius 1 is 1.00 bits per heavy atom. The first-order valence-electron chi connectivity index (χ1n) is 15.8. The summed E-state index contributed by atoms with van der Waals surface area (Å²) in [4.78, 5) is 82.7. The summed E-state index contributed by atoms with van der Waals surface area (Å²) in [6, 6.07) is 5.17. The van der Waals surface area contributed by atoms with Gasteiger partial charge in [-0.3, -0.25) is 28.8 Å². The van der Waals surface area contributed by atoms with E-state index in [1.807, 2.05) is 12.3 Å². The summed E-state index contributed by atoms with van der Waals surface area (Å²) in [6.45, 7) is 6.74. The fraction of sp³-hybridized carbons (Fsp3) is 0.515. The number of aryl methyl sites for hydroxylation is 1. The van der Waals surface area contributed by atoms with Crippen LogP contribution >= 0.6 is 11.8 Å². The van der Waals surface area contributed by atoms with E-state index < -0.39 is 71.7 Å². The monoisotopic (exact) mass is 668 g/mol. The molecule has 47 heavy (non-hydrogen) atoms. The molecule has 1 aromatic heterocycles. The van der Waals surface area contributed by atoms with Gasteiger partial charge in [-0.1, -0.05) is 44.2 Å². The van der Waals surface area contributed by atoms with Crippen LogP contribution in [0, 0.1) is 12.8 Å². The molecule has 14 heteroatoms. The van der Waals surface area contributed by atoms with Crippen molar-refractivity contribution >= 4 is 47.2 Å². The summed E-state index contributed by atoms with van der Waals surface area (Å²) in [5, 5.41) is 14.1. The van der Waals surface area contributed by atoms with Crippen LogP contribution in [0.5, 0.6) is 0 Å². The third kappa shape index (κ3) is 8.93. The molecule has 2 aromatic rings. The molecule has 0 aliphatic carbocycles. The number of hydrogen-bond donors (Lipinski definition) is 5. The van der Waals surface area contributed by atoms with E-state index in [2.05, 4.69) is 26.6 Å². The Morgan fingerprint density at radius 3 is 2.36 bits per heavy atom. The molecule has 0 unspecified atom stereocenters. The van der Waals surface area contributed by atoms with Gasteiger partial charge in [0.05, 0.1) is 24.3 Å². The highest BCUT2D eigenvalue weighted by Gasteiger charge is 2.44. The summed E-state index contributed by atoms with van der Waals surface area (Å²) in [5.74, 6) is -2.38. The molecule has 2 saturated heterocycles. The SMILES string of the molecule is CSCC[C@@H]1NC(=O)C[C@@H](c2ccccc2)NC(=O)[C@H](C)NC(=O)[C@@H]2C[C@H](NC(=O)c3ccoc3C)CN2C(=O)[C@H](C(C)C)NC1=O. The average Bonchev–Trinajstić information content (AvgIpc) is 3.67. The van der Waals surface area contributed by atoms with Crippen LogP contribution in [0.4, 0.5) is 0 Å². The molecular weight excluding hydrogens is 624 g/mol. The van der Waals surface area contributed by atoms with Gasteiger partial charge in [-0.2, -0.15) is 11.8 Å². The standard InChI is InChI=1S/C33H44N6O7S/c1-18(2)28-33(45)39-17-22(35-30(42)23-11-13-46-20(23)4)15-26(39)32(44)34-19(3)29(41)37-25(21-9-7-6-8-10-21)16-27(40)36-24(12-14-47-5)31(43)38-28/h6-11,13,18-19,22,24-26,28H,12,14-17H2,1-5H3,(H,34,44)(H,35,42)(H,36,40)(H,37,41)(H,38,43)/t19-,22-,24-,25-,26-,28-/m0/s1. The van der Waals surface area contributed by atoms with Gasteiger partial charge in [-0.25, -0.2) is 0 Å². The molecule has 13 nitrogen and oxygen atoms in total. The van der Waals surface area contributed by atoms with E-state index >= 15 is 0 Å². The van der Waals surface area contributed by atoms with Crippen LogP contribution < -0.4 is 26.6 Å². The zero-order chi connectivity index (χ0) is 34.2. The number of carbonyl (C=O) groups excluding carboxylic acids is 6. The summed E-state index contributed by atoms with van der Waals surface area (Å²) in [5.41, 5.74) is 1.02. The molecule has 6 amide bonds. The van der Waals surface area contributed by atoms with E-state index in [0.29, 0.717) is 29.1 Å². The van der Waals surface area contributed by atoms with Crippen LogP contribution in [-0.2, 0) is 24.0 Å². The summed E-state index contributed by atoms with van der Waals surface area (Å²) in [7, 11) is 0. The molecule has 0 spiro atoms. The Balaban J connectivity index is 1.68. The maximum absolute atomic E-state index is 14.1. The normalized spacial score (nSPS) is 26.3. The largest absolute Gasteiger partial charge is 0.469 e. The zero-order valence-corrected chi connectivity index (χ0v) is 28.1.